The van der Waals surface area contributed by atoms with Crippen molar-refractivity contribution >= 4 is 85.6 Å². The van der Waals surface area contributed by atoms with Gasteiger partial charge in [-0.05, 0) is 97.1 Å². The van der Waals surface area contributed by atoms with Crippen molar-refractivity contribution < 1.29 is 87.0 Å². The first kappa shape index (κ1) is 49.5. The van der Waals surface area contributed by atoms with Crippen LogP contribution in [0.1, 0.15) is 22.3 Å². The van der Waals surface area contributed by atoms with Crippen LogP contribution in [0.4, 0.5) is 35.1 Å². The number of hydrogen-bond acceptors (Lipinski definition) is 12. The van der Waals surface area contributed by atoms with Crippen LogP contribution in [-0.4, -0.2) is 74.7 Å². The third kappa shape index (κ3) is 8.55. The topological polar surface area (TPSA) is 267 Å². The number of aliphatic imine (C=N–C) groups is 4. The summed E-state index contributed by atoms with van der Waals surface area (Å²) in [6.07, 6.45) is 9.00. The van der Waals surface area contributed by atoms with Crippen LogP contribution in [0.3, 0.4) is 0 Å². The van der Waals surface area contributed by atoms with E-state index in [0.29, 0.717) is 6.08 Å². The van der Waals surface area contributed by atoms with Crippen LogP contribution in [0.5, 0.6) is 0 Å². The predicted molar refractivity (Wildman–Crippen MR) is 239 cm³/mol. The summed E-state index contributed by atoms with van der Waals surface area (Å²) in [4.78, 5) is 10.1. The van der Waals surface area contributed by atoms with Gasteiger partial charge in [-0.1, -0.05) is 0 Å². The van der Waals surface area contributed by atoms with Crippen molar-refractivity contribution in [1.29, 1.82) is 0 Å². The van der Waals surface area contributed by atoms with Gasteiger partial charge in [-0.15, -0.1) is 0 Å². The van der Waals surface area contributed by atoms with Crippen LogP contribution in [-0.2, 0) is 40.5 Å². The Morgan fingerprint density at radius 1 is 0.361 bits per heavy atom. The first-order valence-electron chi connectivity index (χ1n) is 19.5. The Hall–Kier alpha value is -7.44. The summed E-state index contributed by atoms with van der Waals surface area (Å²) in [5.74, 6) is -16.8. The lowest BCUT2D eigenvalue weighted by Crippen LogP contribution is -2.15. The molecular formula is C44H20F8N4O12S4. The van der Waals surface area contributed by atoms with Gasteiger partial charge in [-0.3, -0.25) is 18.2 Å². The minimum Gasteiger partial charge on any atom is -0.282 e. The van der Waals surface area contributed by atoms with E-state index >= 15 is 35.1 Å². The summed E-state index contributed by atoms with van der Waals surface area (Å²) in [5.41, 5.74) is -17.5. The van der Waals surface area contributed by atoms with Crippen molar-refractivity contribution in [3.05, 3.63) is 189 Å². The molecule has 0 saturated carbocycles. The lowest BCUT2D eigenvalue weighted by atomic mass is 9.84. The van der Waals surface area contributed by atoms with Crippen molar-refractivity contribution in [3.63, 3.8) is 0 Å². The van der Waals surface area contributed by atoms with Gasteiger partial charge in [-0.2, -0.15) is 33.7 Å². The summed E-state index contributed by atoms with van der Waals surface area (Å²) in [6.45, 7) is 0. The first-order chi connectivity index (χ1) is 33.5. The van der Waals surface area contributed by atoms with E-state index in [4.69, 9.17) is 0 Å². The van der Waals surface area contributed by atoms with E-state index in [1.807, 2.05) is 0 Å². The van der Waals surface area contributed by atoms with Crippen LogP contribution in [0.15, 0.2) is 159 Å². The van der Waals surface area contributed by atoms with Crippen molar-refractivity contribution in [1.82, 2.24) is 0 Å². The fourth-order valence-corrected chi connectivity index (χ4v) is 10.2. The van der Waals surface area contributed by atoms with Crippen molar-refractivity contribution in [2.75, 3.05) is 0 Å². The van der Waals surface area contributed by atoms with Crippen LogP contribution in [0.25, 0.3) is 22.3 Å². The largest absolute Gasteiger partial charge is 0.297 e. The van der Waals surface area contributed by atoms with Gasteiger partial charge in [0.15, 0.2) is 23.3 Å². The van der Waals surface area contributed by atoms with E-state index in [9.17, 15) is 51.9 Å². The van der Waals surface area contributed by atoms with Gasteiger partial charge in [0.25, 0.3) is 40.5 Å². The Morgan fingerprint density at radius 2 is 0.722 bits per heavy atom. The molecule has 0 aliphatic carbocycles. The van der Waals surface area contributed by atoms with Crippen LogP contribution in [0, 0.1) is 46.5 Å². The Bertz CT molecular complexity index is 4170. The molecule has 0 atom stereocenters. The summed E-state index contributed by atoms with van der Waals surface area (Å²) < 4.78 is 275. The molecule has 0 saturated heterocycles. The molecule has 4 N–H and O–H groups in total. The molecule has 28 heteroatoms. The number of nitrogens with zero attached hydrogens (tertiary/aromatic N) is 4. The van der Waals surface area contributed by atoms with Crippen molar-refractivity contribution in [2.45, 2.75) is 19.6 Å². The molecule has 368 valence electrons. The summed E-state index contributed by atoms with van der Waals surface area (Å²) in [7, 11) is -23.1. The maximum Gasteiger partial charge on any atom is 0.297 e. The molecule has 0 spiro atoms. The highest BCUT2D eigenvalue weighted by molar-refractivity contribution is 7.86. The van der Waals surface area contributed by atoms with Gasteiger partial charge >= 0.3 is 0 Å². The van der Waals surface area contributed by atoms with Crippen LogP contribution < -0.4 is 0 Å². The molecule has 0 unspecified atom stereocenters. The van der Waals surface area contributed by atoms with E-state index < -0.39 is 174 Å². The molecule has 9 rings (SSSR count). The Balaban J connectivity index is 1.61. The van der Waals surface area contributed by atoms with Gasteiger partial charge in [0.05, 0.1) is 67.9 Å². The fourth-order valence-electron chi connectivity index (χ4n) is 7.92. The van der Waals surface area contributed by atoms with Crippen LogP contribution in [0.2, 0.25) is 0 Å². The minimum absolute atomic E-state index is 0.0503. The number of fused-ring (bicyclic) bond motifs is 4. The molecule has 4 aromatic carbocycles. The molecule has 0 amide bonds. The lowest BCUT2D eigenvalue weighted by Gasteiger charge is -2.20. The molecule has 5 aliphatic rings. The molecular weight excluding hydrogens is 1060 g/mol. The van der Waals surface area contributed by atoms with E-state index in [2.05, 4.69) is 20.0 Å². The van der Waals surface area contributed by atoms with E-state index in [1.165, 1.54) is 30.4 Å². The normalized spacial score (nSPS) is 16.9. The molecule has 0 fully saturated rings. The van der Waals surface area contributed by atoms with Crippen molar-refractivity contribution in [2.24, 2.45) is 20.0 Å². The summed E-state index contributed by atoms with van der Waals surface area (Å²) in [5, 5.41) is 0. The van der Waals surface area contributed by atoms with Gasteiger partial charge in [0, 0.05) is 22.3 Å². The second kappa shape index (κ2) is 17.1. The van der Waals surface area contributed by atoms with E-state index in [0.717, 1.165) is 12.2 Å². The number of allylic oxidation sites excluding steroid dienone is 12. The standard InChI is InChI=1S/C44H20F8N4O12S4/c45-23-5-9-28(69(57,58)59)39(49)32(23)22-15-21-14-19-2-1-17(53-19)13-18-3-4-20(54-18)16-27-36(33-24(46)6-10-29(40(33)50)70(60,61)62)37(34-25(47)7-11-30(41(34)51)71(63,64)65)44(56-27)38(43(22)55-21)35-26(48)8-12-31(42(35)52)72(66,67)68/h1-16H,(H,57,58,59)(H,60,61,62)(H,63,64,65)(H,66,67,68). The lowest BCUT2D eigenvalue weighted by molar-refractivity contribution is 0.467. The smallest absolute Gasteiger partial charge is 0.282 e. The van der Waals surface area contributed by atoms with Gasteiger partial charge < -0.3 is 0 Å². The zero-order valence-electron chi connectivity index (χ0n) is 34.7. The highest BCUT2D eigenvalue weighted by atomic mass is 32.2. The summed E-state index contributed by atoms with van der Waals surface area (Å²) >= 11 is 0. The highest BCUT2D eigenvalue weighted by Gasteiger charge is 2.42. The molecule has 5 aliphatic heterocycles. The van der Waals surface area contributed by atoms with Crippen molar-refractivity contribution in [3.8, 4) is 0 Å². The average Bonchev–Trinajstić information content (AvgIpc) is 4.06. The zero-order valence-corrected chi connectivity index (χ0v) is 38.0. The number of halogens is 8. The average molecular weight is 1080 g/mol. The maximum absolute atomic E-state index is 17.3. The quantitative estimate of drug-likeness (QED) is 0.0973. The minimum atomic E-state index is -5.84. The van der Waals surface area contributed by atoms with E-state index in [1.54, 1.807) is 0 Å². The molecule has 72 heavy (non-hydrogen) atoms. The molecule has 0 radical (unpaired) electrons. The highest BCUT2D eigenvalue weighted by Crippen LogP contribution is 2.50. The number of benzene rings is 4. The maximum atomic E-state index is 17.3. The predicted octanol–water partition coefficient (Wildman–Crippen LogP) is 7.79. The second-order valence-electron chi connectivity index (χ2n) is 15.3. The molecule has 8 bridgehead atoms. The van der Waals surface area contributed by atoms with Crippen LogP contribution >= 0.6 is 0 Å². The fraction of sp³-hybridized carbons (Fsp3) is 0. The molecule has 16 nitrogen and oxygen atoms in total. The molecule has 4 aromatic rings. The Morgan fingerprint density at radius 3 is 1.15 bits per heavy atom. The van der Waals surface area contributed by atoms with E-state index in [-0.39, 0.29) is 71.3 Å². The Kier molecular flexibility index (Phi) is 11.8. The van der Waals surface area contributed by atoms with Gasteiger partial charge in [-0.25, -0.2) is 55.1 Å². The SMILES string of the molecule is O=S(=O)(O)c1ccc(F)c(C2=CC3=CC4=NC(=CC5=NC(=CC6=NC(=C(c7c(F)ccc(S(=O)(=O)O)c7F)C2=N3)C(c2c(F)ccc(S(=O)(=O)O)c2F)=C6c2c(F)ccc(S(=O)(=O)O)c2F)C=C5)C=C4)c1F. The first-order valence-corrected chi connectivity index (χ1v) is 25.2. The summed E-state index contributed by atoms with van der Waals surface area (Å²) in [6, 6.07) is 1.45. The van der Waals surface area contributed by atoms with Gasteiger partial charge in [0.2, 0.25) is 0 Å². The Labute approximate surface area is 399 Å². The molecule has 0 aromatic heterocycles. The zero-order chi connectivity index (χ0) is 52.3. The van der Waals surface area contributed by atoms with Gasteiger partial charge in [0.1, 0.15) is 42.9 Å². The third-order valence-corrected chi connectivity index (χ3v) is 14.3. The number of rotatable bonds is 8. The number of hydrogen-bond donors (Lipinski definition) is 4. The monoisotopic (exact) mass is 1080 g/mol. The molecule has 5 heterocycles. The second-order valence-corrected chi connectivity index (χ2v) is 20.8. The third-order valence-electron chi connectivity index (χ3n) is 10.8.